The van der Waals surface area contributed by atoms with E-state index < -0.39 is 0 Å². The monoisotopic (exact) mass is 236 g/mol. The summed E-state index contributed by atoms with van der Waals surface area (Å²) in [6.45, 7) is 16.2. The van der Waals surface area contributed by atoms with E-state index in [1.807, 2.05) is 13.8 Å². The van der Waals surface area contributed by atoms with Gasteiger partial charge in [0.2, 0.25) is 0 Å². The minimum Gasteiger partial charge on any atom is -0.348 e. The normalized spacial score (nSPS) is 13.1. The van der Waals surface area contributed by atoms with E-state index in [9.17, 15) is 4.79 Å². The summed E-state index contributed by atoms with van der Waals surface area (Å²) < 4.78 is 0. The fraction of sp³-hybridized carbons (Fsp3) is 0.500. The lowest BCUT2D eigenvalue weighted by atomic mass is 10.1. The van der Waals surface area contributed by atoms with Gasteiger partial charge < -0.3 is 10.2 Å². The summed E-state index contributed by atoms with van der Waals surface area (Å²) >= 11 is 0. The molecule has 1 amide bonds. The summed E-state index contributed by atoms with van der Waals surface area (Å²) in [4.78, 5) is 13.9. The molecule has 0 aliphatic carbocycles. The summed E-state index contributed by atoms with van der Waals surface area (Å²) in [6.07, 6.45) is 4.96. The molecular weight excluding hydrogens is 212 g/mol. The molecule has 0 rings (SSSR count). The molecule has 96 valence electrons. The minimum absolute atomic E-state index is 0.0900. The van der Waals surface area contributed by atoms with Gasteiger partial charge in [-0.05, 0) is 32.0 Å². The Kier molecular flexibility index (Phi) is 7.03. The van der Waals surface area contributed by atoms with Gasteiger partial charge >= 0.3 is 0 Å². The third-order valence-corrected chi connectivity index (χ3v) is 2.74. The summed E-state index contributed by atoms with van der Waals surface area (Å²) in [5.41, 5.74) is 0.574. The highest BCUT2D eigenvalue weighted by atomic mass is 16.2. The molecule has 0 heterocycles. The number of likely N-dealkylation sites (N-methyl/N-ethyl adjacent to an activating group) is 1. The van der Waals surface area contributed by atoms with Gasteiger partial charge in [-0.2, -0.15) is 0 Å². The maximum atomic E-state index is 12.1. The van der Waals surface area contributed by atoms with Crippen LogP contribution >= 0.6 is 0 Å². The van der Waals surface area contributed by atoms with Crippen LogP contribution in [-0.2, 0) is 4.79 Å². The van der Waals surface area contributed by atoms with Crippen LogP contribution in [0, 0.1) is 5.92 Å². The lowest BCUT2D eigenvalue weighted by molar-refractivity contribution is -0.119. The number of nitrogens with one attached hydrogen (secondary N) is 1. The number of amides is 1. The molecule has 0 saturated heterocycles. The molecule has 0 radical (unpaired) electrons. The Bertz CT molecular complexity index is 305. The molecule has 3 heteroatoms. The quantitative estimate of drug-likeness (QED) is 0.544. The Labute approximate surface area is 105 Å². The van der Waals surface area contributed by atoms with Crippen LogP contribution in [0.5, 0.6) is 0 Å². The Hall–Kier alpha value is -1.51. The van der Waals surface area contributed by atoms with Gasteiger partial charge in [-0.15, -0.1) is 0 Å². The predicted molar refractivity (Wildman–Crippen MR) is 73.3 cm³/mol. The summed E-state index contributed by atoms with van der Waals surface area (Å²) in [6, 6.07) is 0.138. The minimum atomic E-state index is -0.0900. The van der Waals surface area contributed by atoms with E-state index in [4.69, 9.17) is 0 Å². The molecule has 0 aliphatic heterocycles. The van der Waals surface area contributed by atoms with Crippen LogP contribution in [0.1, 0.15) is 27.7 Å². The Morgan fingerprint density at radius 3 is 2.29 bits per heavy atom. The average Bonchev–Trinajstić information content (AvgIpc) is 2.29. The van der Waals surface area contributed by atoms with Crippen molar-refractivity contribution in [2.45, 2.75) is 33.7 Å². The van der Waals surface area contributed by atoms with Gasteiger partial charge in [0.15, 0.2) is 0 Å². The van der Waals surface area contributed by atoms with E-state index in [0.29, 0.717) is 18.2 Å². The zero-order valence-electron chi connectivity index (χ0n) is 11.4. The number of nitrogens with zero attached hydrogens (tertiary/aromatic N) is 1. The highest BCUT2D eigenvalue weighted by molar-refractivity contribution is 5.93. The molecule has 0 fully saturated rings. The SMILES string of the molecule is C=C/C=C(/C(=O)NC(C)C(C)C)N(C=C)CC. The van der Waals surface area contributed by atoms with E-state index in [0.717, 1.165) is 0 Å². The number of carbonyl (C=O) groups is 1. The highest BCUT2D eigenvalue weighted by Crippen LogP contribution is 2.07. The second-order valence-electron chi connectivity index (χ2n) is 4.26. The van der Waals surface area contributed by atoms with E-state index in [1.54, 1.807) is 23.3 Å². The second-order valence-corrected chi connectivity index (χ2v) is 4.26. The van der Waals surface area contributed by atoms with Gasteiger partial charge in [0, 0.05) is 12.6 Å². The summed E-state index contributed by atoms with van der Waals surface area (Å²) in [7, 11) is 0. The number of rotatable bonds is 7. The third-order valence-electron chi connectivity index (χ3n) is 2.74. The van der Waals surface area contributed by atoms with E-state index >= 15 is 0 Å². The molecule has 0 spiro atoms. The van der Waals surface area contributed by atoms with Gasteiger partial charge in [0.05, 0.1) is 0 Å². The molecule has 1 N–H and O–H groups in total. The standard InChI is InChI=1S/C14H24N2O/c1-7-10-13(16(8-2)9-3)14(17)15-12(6)11(4)5/h7-8,10-12H,1-2,9H2,3-6H3,(H,15,17)/b13-10-. The number of hydrogen-bond donors (Lipinski definition) is 1. The molecule has 0 aromatic rings. The van der Waals surface area contributed by atoms with Gasteiger partial charge in [-0.25, -0.2) is 0 Å². The van der Waals surface area contributed by atoms with Crippen LogP contribution in [-0.4, -0.2) is 23.4 Å². The van der Waals surface area contributed by atoms with Crippen molar-refractivity contribution in [3.05, 3.63) is 37.2 Å². The fourth-order valence-corrected chi connectivity index (χ4v) is 1.26. The summed E-state index contributed by atoms with van der Waals surface area (Å²) in [5, 5.41) is 2.97. The van der Waals surface area contributed by atoms with Gasteiger partial charge in [0.1, 0.15) is 5.70 Å². The molecule has 0 aromatic carbocycles. The first-order chi connectivity index (χ1) is 7.97. The Balaban J connectivity index is 4.84. The predicted octanol–water partition coefficient (Wildman–Crippen LogP) is 2.68. The van der Waals surface area contributed by atoms with Crippen molar-refractivity contribution in [2.24, 2.45) is 5.92 Å². The number of hydrogen-bond acceptors (Lipinski definition) is 2. The number of allylic oxidation sites excluding steroid dienone is 2. The maximum absolute atomic E-state index is 12.1. The molecule has 0 saturated carbocycles. The van der Waals surface area contributed by atoms with Crippen LogP contribution in [0.25, 0.3) is 0 Å². The molecule has 1 unspecified atom stereocenters. The zero-order chi connectivity index (χ0) is 13.4. The highest BCUT2D eigenvalue weighted by Gasteiger charge is 2.17. The summed E-state index contributed by atoms with van der Waals surface area (Å²) in [5.74, 6) is 0.315. The van der Waals surface area contributed by atoms with Crippen molar-refractivity contribution in [1.82, 2.24) is 10.2 Å². The van der Waals surface area contributed by atoms with E-state index in [-0.39, 0.29) is 11.9 Å². The first-order valence-electron chi connectivity index (χ1n) is 6.00. The van der Waals surface area contributed by atoms with Crippen molar-refractivity contribution in [2.75, 3.05) is 6.54 Å². The van der Waals surface area contributed by atoms with E-state index in [1.165, 1.54) is 0 Å². The third kappa shape index (κ3) is 4.89. The average molecular weight is 236 g/mol. The second kappa shape index (κ2) is 7.71. The van der Waals surface area contributed by atoms with Gasteiger partial charge in [-0.1, -0.05) is 33.1 Å². The van der Waals surface area contributed by atoms with E-state index in [2.05, 4.69) is 32.3 Å². The van der Waals surface area contributed by atoms with Crippen LogP contribution in [0.15, 0.2) is 37.2 Å². The molecule has 0 aromatic heterocycles. The lowest BCUT2D eigenvalue weighted by Crippen LogP contribution is -2.40. The van der Waals surface area contributed by atoms with Crippen LogP contribution < -0.4 is 5.32 Å². The van der Waals surface area contributed by atoms with Crippen molar-refractivity contribution >= 4 is 5.91 Å². The van der Waals surface area contributed by atoms with Gasteiger partial charge in [-0.3, -0.25) is 4.79 Å². The first-order valence-corrected chi connectivity index (χ1v) is 6.00. The fourth-order valence-electron chi connectivity index (χ4n) is 1.26. The first kappa shape index (κ1) is 15.5. The molecule has 3 nitrogen and oxygen atoms in total. The van der Waals surface area contributed by atoms with Crippen LogP contribution in [0.2, 0.25) is 0 Å². The van der Waals surface area contributed by atoms with Crippen molar-refractivity contribution in [3.8, 4) is 0 Å². The Morgan fingerprint density at radius 1 is 1.35 bits per heavy atom. The van der Waals surface area contributed by atoms with Gasteiger partial charge in [0.25, 0.3) is 5.91 Å². The maximum Gasteiger partial charge on any atom is 0.268 e. The molecule has 17 heavy (non-hydrogen) atoms. The Morgan fingerprint density at radius 2 is 1.94 bits per heavy atom. The van der Waals surface area contributed by atoms with Crippen molar-refractivity contribution in [1.29, 1.82) is 0 Å². The zero-order valence-corrected chi connectivity index (χ0v) is 11.4. The van der Waals surface area contributed by atoms with Crippen LogP contribution in [0.3, 0.4) is 0 Å². The molecule has 1 atom stereocenters. The number of carbonyl (C=O) groups excluding carboxylic acids is 1. The largest absolute Gasteiger partial charge is 0.348 e. The molecule has 0 aliphatic rings. The molecular formula is C14H24N2O. The van der Waals surface area contributed by atoms with Crippen LogP contribution in [0.4, 0.5) is 0 Å². The van der Waals surface area contributed by atoms with Crippen molar-refractivity contribution in [3.63, 3.8) is 0 Å². The topological polar surface area (TPSA) is 32.3 Å². The van der Waals surface area contributed by atoms with Crippen molar-refractivity contribution < 1.29 is 4.79 Å². The lowest BCUT2D eigenvalue weighted by Gasteiger charge is -2.24. The molecule has 0 bridgehead atoms. The smallest absolute Gasteiger partial charge is 0.268 e.